The van der Waals surface area contributed by atoms with Crippen LogP contribution in [0.4, 0.5) is 0 Å². The van der Waals surface area contributed by atoms with E-state index in [1.165, 1.54) is 0 Å². The van der Waals surface area contributed by atoms with Gasteiger partial charge in [-0.3, -0.25) is 9.59 Å². The number of carbonyl (C=O) groups is 2. The highest BCUT2D eigenvalue weighted by atomic mass is 32.2. The fourth-order valence-corrected chi connectivity index (χ4v) is 1.96. The van der Waals surface area contributed by atoms with Crippen LogP contribution < -0.4 is 5.73 Å². The van der Waals surface area contributed by atoms with Crippen LogP contribution in [0.5, 0.6) is 0 Å². The second-order valence-electron chi connectivity index (χ2n) is 2.89. The maximum atomic E-state index is 10.7. The number of aliphatic carboxylic acids is 2. The second kappa shape index (κ2) is 6.67. The zero-order valence-corrected chi connectivity index (χ0v) is 8.79. The third-order valence-electron chi connectivity index (χ3n) is 1.62. The van der Waals surface area contributed by atoms with Gasteiger partial charge in [-0.2, -0.15) is 0 Å². The summed E-state index contributed by atoms with van der Waals surface area (Å²) in [4.78, 5) is 21.0. The van der Waals surface area contributed by atoms with Crippen LogP contribution in [-0.2, 0) is 9.59 Å². The smallest absolute Gasteiger partial charge is 0.321 e. The van der Waals surface area contributed by atoms with E-state index in [1.54, 1.807) is 0 Å². The minimum atomic E-state index is -1.10. The Bertz CT molecular complexity index is 210. The summed E-state index contributed by atoms with van der Waals surface area (Å²) in [5.41, 5.74) is 5.25. The Balaban J connectivity index is 3.93. The van der Waals surface area contributed by atoms with Crippen LogP contribution in [0.2, 0.25) is 0 Å². The molecule has 6 heteroatoms. The molecule has 0 aliphatic rings. The molecule has 0 aliphatic carbocycles. The van der Waals surface area contributed by atoms with E-state index in [0.29, 0.717) is 6.42 Å². The number of hydrogen-bond acceptors (Lipinski definition) is 4. The Morgan fingerprint density at radius 1 is 1.36 bits per heavy atom. The summed E-state index contributed by atoms with van der Waals surface area (Å²) in [5, 5.41) is 16.7. The van der Waals surface area contributed by atoms with Crippen LogP contribution >= 0.6 is 11.8 Å². The summed E-state index contributed by atoms with van der Waals surface area (Å²) < 4.78 is 0. The summed E-state index contributed by atoms with van der Waals surface area (Å²) in [7, 11) is 0. The van der Waals surface area contributed by atoms with Crippen LogP contribution in [0.25, 0.3) is 0 Å². The van der Waals surface area contributed by atoms with Crippen LogP contribution in [0.15, 0.2) is 0 Å². The van der Waals surface area contributed by atoms with E-state index in [2.05, 4.69) is 0 Å². The van der Waals surface area contributed by atoms with Gasteiger partial charge in [0.05, 0.1) is 0 Å². The summed E-state index contributed by atoms with van der Waals surface area (Å²) >= 11 is 1.09. The van der Waals surface area contributed by atoms with Gasteiger partial charge in [0.15, 0.2) is 0 Å². The molecule has 5 nitrogen and oxygen atoms in total. The Hall–Kier alpha value is -0.750. The number of carboxylic acids is 2. The molecule has 0 radical (unpaired) electrons. The van der Waals surface area contributed by atoms with Crippen LogP contribution in [0.1, 0.15) is 19.8 Å². The number of carboxylic acid groups (broad SMARTS) is 2. The molecule has 82 valence electrons. The standard InChI is InChI=1S/C8H15NO4S/c1-2-3-6(8(12)13)14-4-5(9)7(10)11/h5-6H,2-4,9H2,1H3,(H,10,11)(H,12,13). The van der Waals surface area contributed by atoms with Gasteiger partial charge in [0.2, 0.25) is 0 Å². The van der Waals surface area contributed by atoms with Crippen molar-refractivity contribution in [2.45, 2.75) is 31.1 Å². The quantitative estimate of drug-likeness (QED) is 0.574. The molecular formula is C8H15NO4S. The van der Waals surface area contributed by atoms with Crippen LogP contribution in [0, 0.1) is 0 Å². The van der Waals surface area contributed by atoms with Crippen molar-refractivity contribution in [2.75, 3.05) is 5.75 Å². The molecule has 14 heavy (non-hydrogen) atoms. The van der Waals surface area contributed by atoms with E-state index >= 15 is 0 Å². The minimum Gasteiger partial charge on any atom is -0.480 e. The third kappa shape index (κ3) is 5.08. The molecule has 0 aromatic rings. The molecule has 2 atom stereocenters. The van der Waals surface area contributed by atoms with Gasteiger partial charge in [-0.25, -0.2) is 0 Å². The molecule has 0 heterocycles. The Labute approximate surface area is 86.7 Å². The van der Waals surface area contributed by atoms with Crippen molar-refractivity contribution in [1.29, 1.82) is 0 Å². The van der Waals surface area contributed by atoms with Crippen molar-refractivity contribution in [2.24, 2.45) is 5.73 Å². The lowest BCUT2D eigenvalue weighted by Gasteiger charge is -2.12. The number of nitrogens with two attached hydrogens (primary N) is 1. The van der Waals surface area contributed by atoms with Crippen molar-refractivity contribution >= 4 is 23.7 Å². The first kappa shape index (κ1) is 13.2. The molecular weight excluding hydrogens is 206 g/mol. The molecule has 0 fully saturated rings. The first-order valence-electron chi connectivity index (χ1n) is 4.31. The predicted octanol–water partition coefficient (Wildman–Crippen LogP) is 0.385. The first-order chi connectivity index (χ1) is 6.49. The van der Waals surface area contributed by atoms with Crippen LogP contribution in [-0.4, -0.2) is 39.2 Å². The van der Waals surface area contributed by atoms with E-state index in [1.807, 2.05) is 6.92 Å². The van der Waals surface area contributed by atoms with Crippen molar-refractivity contribution in [3.8, 4) is 0 Å². The van der Waals surface area contributed by atoms with Crippen LogP contribution in [0.3, 0.4) is 0 Å². The Morgan fingerprint density at radius 2 is 1.93 bits per heavy atom. The Kier molecular flexibility index (Phi) is 6.31. The van der Waals surface area contributed by atoms with E-state index in [4.69, 9.17) is 15.9 Å². The van der Waals surface area contributed by atoms with Gasteiger partial charge < -0.3 is 15.9 Å². The lowest BCUT2D eigenvalue weighted by molar-refractivity contribution is -0.138. The normalized spacial score (nSPS) is 14.7. The molecule has 0 saturated carbocycles. The summed E-state index contributed by atoms with van der Waals surface area (Å²) in [6, 6.07) is -0.987. The van der Waals surface area contributed by atoms with Gasteiger partial charge >= 0.3 is 11.9 Å². The maximum Gasteiger partial charge on any atom is 0.321 e. The van der Waals surface area contributed by atoms with Crippen molar-refractivity contribution < 1.29 is 19.8 Å². The van der Waals surface area contributed by atoms with E-state index in [9.17, 15) is 9.59 Å². The SMILES string of the molecule is CCCC(SCC(N)C(=O)O)C(=O)O. The molecule has 0 saturated heterocycles. The molecule has 0 aromatic heterocycles. The van der Waals surface area contributed by atoms with Gasteiger partial charge in [-0.15, -0.1) is 11.8 Å². The highest BCUT2D eigenvalue weighted by Crippen LogP contribution is 2.17. The topological polar surface area (TPSA) is 101 Å². The summed E-state index contributed by atoms with van der Waals surface area (Å²) in [6.45, 7) is 1.88. The molecule has 2 unspecified atom stereocenters. The van der Waals surface area contributed by atoms with Gasteiger partial charge in [0, 0.05) is 5.75 Å². The lowest BCUT2D eigenvalue weighted by Crippen LogP contribution is -2.34. The largest absolute Gasteiger partial charge is 0.480 e. The van der Waals surface area contributed by atoms with Crippen molar-refractivity contribution in [3.63, 3.8) is 0 Å². The van der Waals surface area contributed by atoms with Crippen molar-refractivity contribution in [3.05, 3.63) is 0 Å². The zero-order chi connectivity index (χ0) is 11.1. The molecule has 0 bridgehead atoms. The van der Waals surface area contributed by atoms with E-state index < -0.39 is 23.2 Å². The van der Waals surface area contributed by atoms with Gasteiger partial charge in [-0.1, -0.05) is 13.3 Å². The molecule has 0 aliphatic heterocycles. The average Bonchev–Trinajstić information content (AvgIpc) is 2.10. The number of hydrogen-bond donors (Lipinski definition) is 3. The highest BCUT2D eigenvalue weighted by Gasteiger charge is 2.20. The monoisotopic (exact) mass is 221 g/mol. The van der Waals surface area contributed by atoms with E-state index in [0.717, 1.165) is 18.2 Å². The molecule has 0 aromatic carbocycles. The maximum absolute atomic E-state index is 10.7. The second-order valence-corrected chi connectivity index (χ2v) is 4.13. The van der Waals surface area contributed by atoms with Gasteiger partial charge in [0.1, 0.15) is 11.3 Å². The third-order valence-corrected chi connectivity index (χ3v) is 3.01. The lowest BCUT2D eigenvalue weighted by atomic mass is 10.2. The fraction of sp³-hybridized carbons (Fsp3) is 0.750. The van der Waals surface area contributed by atoms with Crippen molar-refractivity contribution in [1.82, 2.24) is 0 Å². The highest BCUT2D eigenvalue weighted by molar-refractivity contribution is 8.00. The zero-order valence-electron chi connectivity index (χ0n) is 7.97. The predicted molar refractivity (Wildman–Crippen MR) is 54.4 cm³/mol. The van der Waals surface area contributed by atoms with E-state index in [-0.39, 0.29) is 5.75 Å². The molecule has 4 N–H and O–H groups in total. The summed E-state index contributed by atoms with van der Waals surface area (Å²) in [6.07, 6.45) is 1.29. The van der Waals surface area contributed by atoms with Gasteiger partial charge in [-0.05, 0) is 6.42 Å². The average molecular weight is 221 g/mol. The summed E-state index contributed by atoms with van der Waals surface area (Å²) in [5.74, 6) is -1.88. The molecule has 0 rings (SSSR count). The first-order valence-corrected chi connectivity index (χ1v) is 5.36. The molecule has 0 amide bonds. The molecule has 0 spiro atoms. The van der Waals surface area contributed by atoms with Gasteiger partial charge in [0.25, 0.3) is 0 Å². The fourth-order valence-electron chi connectivity index (χ4n) is 0.831. The minimum absolute atomic E-state index is 0.131. The Morgan fingerprint density at radius 3 is 2.29 bits per heavy atom. The number of rotatable bonds is 7. The number of thioether (sulfide) groups is 1.